The van der Waals surface area contributed by atoms with E-state index in [4.69, 9.17) is 18.6 Å². The van der Waals surface area contributed by atoms with E-state index in [0.29, 0.717) is 33.7 Å². The minimum absolute atomic E-state index is 0.0486. The number of nitrogens with one attached hydrogen (secondary N) is 1. The summed E-state index contributed by atoms with van der Waals surface area (Å²) in [5, 5.41) is 3.22. The number of carbonyl (C=O) groups excluding carboxylic acids is 1. The van der Waals surface area contributed by atoms with Crippen molar-refractivity contribution in [3.05, 3.63) is 82.0 Å². The Morgan fingerprint density at radius 1 is 0.971 bits per heavy atom. The number of anilines is 1. The van der Waals surface area contributed by atoms with E-state index in [1.807, 2.05) is 44.2 Å². The number of carbonyl (C=O) groups is 1. The van der Waals surface area contributed by atoms with E-state index < -0.39 is 0 Å². The summed E-state index contributed by atoms with van der Waals surface area (Å²) in [6, 6.07) is 18.0. The Bertz CT molecular complexity index is 1440. The van der Waals surface area contributed by atoms with Crippen LogP contribution in [0.4, 0.5) is 5.69 Å². The maximum atomic E-state index is 13.4. The van der Waals surface area contributed by atoms with Crippen LogP contribution in [0.3, 0.4) is 0 Å². The van der Waals surface area contributed by atoms with Crippen LogP contribution in [-0.2, 0) is 11.2 Å². The van der Waals surface area contributed by atoms with Gasteiger partial charge in [0, 0.05) is 11.3 Å². The number of hydrogen-bond donors (Lipinski definition) is 1. The van der Waals surface area contributed by atoms with Gasteiger partial charge in [-0.15, -0.1) is 0 Å². The number of para-hydroxylation sites is 1. The van der Waals surface area contributed by atoms with Crippen molar-refractivity contribution in [2.24, 2.45) is 0 Å². The minimum Gasteiger partial charge on any atom is -0.493 e. The van der Waals surface area contributed by atoms with Gasteiger partial charge < -0.3 is 23.9 Å². The SMILES string of the molecule is CCc1ccccc1NC(=O)COc1c(-c2ccc(OC)c(OC)c2)oc2cc(C)ccc2c1=O. The second kappa shape index (κ2) is 10.3. The van der Waals surface area contributed by atoms with Gasteiger partial charge in [0.25, 0.3) is 5.91 Å². The van der Waals surface area contributed by atoms with Gasteiger partial charge in [0.2, 0.25) is 11.2 Å². The van der Waals surface area contributed by atoms with Crippen LogP contribution in [0.2, 0.25) is 0 Å². The number of rotatable bonds is 8. The van der Waals surface area contributed by atoms with Crippen molar-refractivity contribution in [2.45, 2.75) is 20.3 Å². The average Bonchev–Trinajstić information content (AvgIpc) is 2.87. The quantitative estimate of drug-likeness (QED) is 0.370. The molecular weight excluding hydrogens is 446 g/mol. The molecule has 0 atom stereocenters. The van der Waals surface area contributed by atoms with Gasteiger partial charge >= 0.3 is 0 Å². The van der Waals surface area contributed by atoms with E-state index in [2.05, 4.69) is 5.32 Å². The van der Waals surface area contributed by atoms with Crippen LogP contribution in [0.5, 0.6) is 17.2 Å². The smallest absolute Gasteiger partial charge is 0.262 e. The third kappa shape index (κ3) is 4.99. The highest BCUT2D eigenvalue weighted by Crippen LogP contribution is 2.36. The minimum atomic E-state index is -0.382. The molecule has 0 radical (unpaired) electrons. The molecule has 0 aliphatic rings. The average molecular weight is 474 g/mol. The molecular formula is C28H27NO6. The Balaban J connectivity index is 1.73. The molecule has 0 aliphatic heterocycles. The molecule has 0 saturated heterocycles. The molecule has 1 N–H and O–H groups in total. The van der Waals surface area contributed by atoms with Crippen LogP contribution in [0.15, 0.2) is 69.9 Å². The molecule has 0 aliphatic carbocycles. The molecule has 4 aromatic rings. The highest BCUT2D eigenvalue weighted by atomic mass is 16.5. The van der Waals surface area contributed by atoms with Crippen LogP contribution in [0.1, 0.15) is 18.1 Å². The number of fused-ring (bicyclic) bond motifs is 1. The van der Waals surface area contributed by atoms with Crippen LogP contribution < -0.4 is 25.0 Å². The van der Waals surface area contributed by atoms with E-state index >= 15 is 0 Å². The van der Waals surface area contributed by atoms with Gasteiger partial charge in [0.15, 0.2) is 23.9 Å². The standard InChI is InChI=1S/C28H27NO6/c1-5-18-8-6-7-9-21(18)29-25(30)16-34-28-26(31)20-12-10-17(2)14-23(20)35-27(28)19-11-13-22(32-3)24(15-19)33-4/h6-15H,5,16H2,1-4H3,(H,29,30). The number of ether oxygens (including phenoxy) is 3. The number of aryl methyl sites for hydroxylation is 2. The summed E-state index contributed by atoms with van der Waals surface area (Å²) >= 11 is 0. The Hall–Kier alpha value is -4.26. The zero-order chi connectivity index (χ0) is 24.9. The summed E-state index contributed by atoms with van der Waals surface area (Å²) < 4.78 is 22.7. The van der Waals surface area contributed by atoms with Gasteiger partial charge in [-0.25, -0.2) is 0 Å². The van der Waals surface area contributed by atoms with Gasteiger partial charge in [-0.05, 0) is 60.9 Å². The van der Waals surface area contributed by atoms with Crippen molar-refractivity contribution in [1.29, 1.82) is 0 Å². The van der Waals surface area contributed by atoms with Crippen molar-refractivity contribution in [3.8, 4) is 28.6 Å². The van der Waals surface area contributed by atoms with E-state index in [-0.39, 0.29) is 29.5 Å². The van der Waals surface area contributed by atoms with Gasteiger partial charge in [-0.1, -0.05) is 31.2 Å². The lowest BCUT2D eigenvalue weighted by Crippen LogP contribution is -2.23. The zero-order valence-corrected chi connectivity index (χ0v) is 20.1. The largest absolute Gasteiger partial charge is 0.493 e. The van der Waals surface area contributed by atoms with Gasteiger partial charge in [0.1, 0.15) is 5.58 Å². The van der Waals surface area contributed by atoms with Gasteiger partial charge in [0.05, 0.1) is 19.6 Å². The Kier molecular flexibility index (Phi) is 7.06. The van der Waals surface area contributed by atoms with Crippen molar-refractivity contribution in [3.63, 3.8) is 0 Å². The Morgan fingerprint density at radius 3 is 2.49 bits per heavy atom. The maximum absolute atomic E-state index is 13.4. The Labute approximate surface area is 203 Å². The monoisotopic (exact) mass is 473 g/mol. The van der Waals surface area contributed by atoms with Crippen LogP contribution >= 0.6 is 0 Å². The number of methoxy groups -OCH3 is 2. The lowest BCUT2D eigenvalue weighted by molar-refractivity contribution is -0.118. The molecule has 1 amide bonds. The predicted molar refractivity (Wildman–Crippen MR) is 136 cm³/mol. The molecule has 0 unspecified atom stereocenters. The molecule has 4 rings (SSSR count). The summed E-state index contributed by atoms with van der Waals surface area (Å²) in [5.41, 5.74) is 3.28. The first-order valence-electron chi connectivity index (χ1n) is 11.3. The molecule has 0 saturated carbocycles. The zero-order valence-electron chi connectivity index (χ0n) is 20.1. The third-order valence-electron chi connectivity index (χ3n) is 5.67. The van der Waals surface area contributed by atoms with Crippen molar-refractivity contribution in [1.82, 2.24) is 0 Å². The van der Waals surface area contributed by atoms with Gasteiger partial charge in [-0.3, -0.25) is 9.59 Å². The number of benzene rings is 3. The summed E-state index contributed by atoms with van der Waals surface area (Å²) in [7, 11) is 3.07. The molecule has 7 nitrogen and oxygen atoms in total. The first-order chi connectivity index (χ1) is 16.9. The topological polar surface area (TPSA) is 87.0 Å². The molecule has 7 heteroatoms. The van der Waals surface area contributed by atoms with E-state index in [1.54, 1.807) is 37.4 Å². The fourth-order valence-corrected chi connectivity index (χ4v) is 3.86. The second-order valence-corrected chi connectivity index (χ2v) is 8.01. The normalized spacial score (nSPS) is 10.7. The third-order valence-corrected chi connectivity index (χ3v) is 5.67. The predicted octanol–water partition coefficient (Wildman–Crippen LogP) is 5.37. The van der Waals surface area contributed by atoms with Crippen molar-refractivity contribution >= 4 is 22.6 Å². The summed E-state index contributed by atoms with van der Waals surface area (Å²) in [6.45, 7) is 3.57. The molecule has 0 spiro atoms. The molecule has 180 valence electrons. The van der Waals surface area contributed by atoms with Crippen LogP contribution in [-0.4, -0.2) is 26.7 Å². The fraction of sp³-hybridized carbons (Fsp3) is 0.214. The summed E-state index contributed by atoms with van der Waals surface area (Å²) in [4.78, 5) is 26.1. The lowest BCUT2D eigenvalue weighted by Gasteiger charge is -2.14. The molecule has 0 bridgehead atoms. The first kappa shape index (κ1) is 23.9. The van der Waals surface area contributed by atoms with E-state index in [9.17, 15) is 9.59 Å². The summed E-state index contributed by atoms with van der Waals surface area (Å²) in [5.74, 6) is 0.777. The van der Waals surface area contributed by atoms with E-state index in [0.717, 1.165) is 17.5 Å². The molecule has 1 aromatic heterocycles. The number of amides is 1. The highest BCUT2D eigenvalue weighted by Gasteiger charge is 2.20. The van der Waals surface area contributed by atoms with Crippen molar-refractivity contribution < 1.29 is 23.4 Å². The number of hydrogen-bond acceptors (Lipinski definition) is 6. The summed E-state index contributed by atoms with van der Waals surface area (Å²) in [6.07, 6.45) is 0.772. The maximum Gasteiger partial charge on any atom is 0.262 e. The fourth-order valence-electron chi connectivity index (χ4n) is 3.86. The molecule has 0 fully saturated rings. The first-order valence-corrected chi connectivity index (χ1v) is 11.3. The van der Waals surface area contributed by atoms with Crippen LogP contribution in [0, 0.1) is 6.92 Å². The lowest BCUT2D eigenvalue weighted by atomic mass is 10.1. The second-order valence-electron chi connectivity index (χ2n) is 8.01. The molecule has 3 aromatic carbocycles. The van der Waals surface area contributed by atoms with E-state index in [1.165, 1.54) is 7.11 Å². The molecule has 35 heavy (non-hydrogen) atoms. The van der Waals surface area contributed by atoms with Gasteiger partial charge in [-0.2, -0.15) is 0 Å². The van der Waals surface area contributed by atoms with Crippen LogP contribution in [0.25, 0.3) is 22.3 Å². The molecule has 1 heterocycles. The Morgan fingerprint density at radius 2 is 1.74 bits per heavy atom. The van der Waals surface area contributed by atoms with Crippen molar-refractivity contribution in [2.75, 3.05) is 26.1 Å². The highest BCUT2D eigenvalue weighted by molar-refractivity contribution is 5.93.